The van der Waals surface area contributed by atoms with Gasteiger partial charge in [-0.2, -0.15) is 0 Å². The van der Waals surface area contributed by atoms with Crippen LogP contribution in [0.4, 0.5) is 20.2 Å². The summed E-state index contributed by atoms with van der Waals surface area (Å²) < 4.78 is 26.5. The highest BCUT2D eigenvalue weighted by Crippen LogP contribution is 2.23. The molecule has 4 nitrogen and oxygen atoms in total. The maximum absolute atomic E-state index is 13.4. The minimum absolute atomic E-state index is 0.0228. The van der Waals surface area contributed by atoms with Gasteiger partial charge in [-0.25, -0.2) is 8.78 Å². The number of hydrogen-bond acceptors (Lipinski definition) is 2. The molecule has 0 aliphatic heterocycles. The van der Waals surface area contributed by atoms with E-state index in [1.54, 1.807) is 0 Å². The van der Waals surface area contributed by atoms with Crippen molar-refractivity contribution in [1.82, 2.24) is 0 Å². The Morgan fingerprint density at radius 1 is 1.00 bits per heavy atom. The molecule has 0 radical (unpaired) electrons. The smallest absolute Gasteiger partial charge is 0.226 e. The van der Waals surface area contributed by atoms with E-state index in [0.717, 1.165) is 17.7 Å². The molecule has 27 heavy (non-hydrogen) atoms. The van der Waals surface area contributed by atoms with Gasteiger partial charge in [-0.15, -0.1) is 0 Å². The highest BCUT2D eigenvalue weighted by atomic mass is 19.2. The maximum atomic E-state index is 13.4. The summed E-state index contributed by atoms with van der Waals surface area (Å²) in [5.74, 6) is -2.66. The number of nitrogens with one attached hydrogen (secondary N) is 1. The largest absolute Gasteiger partial charge is 0.326 e. The number of hydrogen-bond donors (Lipinski definition) is 1. The van der Waals surface area contributed by atoms with Crippen LogP contribution >= 0.6 is 0 Å². The van der Waals surface area contributed by atoms with Crippen LogP contribution in [0, 0.1) is 11.6 Å². The Labute approximate surface area is 158 Å². The van der Waals surface area contributed by atoms with Crippen LogP contribution < -0.4 is 10.2 Å². The lowest BCUT2D eigenvalue weighted by Gasteiger charge is -2.21. The van der Waals surface area contributed by atoms with E-state index in [2.05, 4.69) is 26.1 Å². The molecule has 0 fully saturated rings. The fourth-order valence-corrected chi connectivity index (χ4v) is 2.61. The second kappa shape index (κ2) is 8.29. The van der Waals surface area contributed by atoms with E-state index in [9.17, 15) is 18.4 Å². The molecule has 0 atom stereocenters. The van der Waals surface area contributed by atoms with Crippen LogP contribution in [0.2, 0.25) is 0 Å². The summed E-state index contributed by atoms with van der Waals surface area (Å²) in [7, 11) is 0. The first-order valence-electron chi connectivity index (χ1n) is 8.71. The van der Waals surface area contributed by atoms with E-state index in [0.29, 0.717) is 5.69 Å². The monoisotopic (exact) mass is 374 g/mol. The van der Waals surface area contributed by atoms with Crippen LogP contribution in [0.3, 0.4) is 0 Å². The normalized spacial score (nSPS) is 11.2. The molecule has 0 saturated heterocycles. The van der Waals surface area contributed by atoms with Crippen molar-refractivity contribution in [1.29, 1.82) is 0 Å². The molecule has 0 heterocycles. The fourth-order valence-electron chi connectivity index (χ4n) is 2.61. The third kappa shape index (κ3) is 5.61. The van der Waals surface area contributed by atoms with Gasteiger partial charge in [0.25, 0.3) is 0 Å². The maximum Gasteiger partial charge on any atom is 0.226 e. The SMILES string of the molecule is CC(=O)N(CCC(=O)Nc1ccc(C(C)(C)C)cc1)c1ccc(F)c(F)c1. The van der Waals surface area contributed by atoms with Crippen molar-refractivity contribution >= 4 is 23.2 Å². The summed E-state index contributed by atoms with van der Waals surface area (Å²) in [4.78, 5) is 25.3. The van der Waals surface area contributed by atoms with Gasteiger partial charge in [-0.1, -0.05) is 32.9 Å². The van der Waals surface area contributed by atoms with E-state index in [4.69, 9.17) is 0 Å². The molecule has 2 rings (SSSR count). The standard InChI is InChI=1S/C21H24F2N2O2/c1-14(26)25(17-9-10-18(22)19(23)13-17)12-11-20(27)24-16-7-5-15(6-8-16)21(2,3)4/h5-10,13H,11-12H2,1-4H3,(H,24,27). The molecule has 2 aromatic rings. The Morgan fingerprint density at radius 3 is 2.15 bits per heavy atom. The van der Waals surface area contributed by atoms with Gasteiger partial charge in [-0.3, -0.25) is 9.59 Å². The van der Waals surface area contributed by atoms with Crippen LogP contribution in [0.1, 0.15) is 39.7 Å². The Bertz CT molecular complexity index is 827. The van der Waals surface area contributed by atoms with E-state index < -0.39 is 11.6 Å². The average Bonchev–Trinajstić information content (AvgIpc) is 2.57. The molecule has 0 bridgehead atoms. The Kier molecular flexibility index (Phi) is 6.31. The molecule has 0 unspecified atom stereocenters. The van der Waals surface area contributed by atoms with Gasteiger partial charge in [0.2, 0.25) is 11.8 Å². The van der Waals surface area contributed by atoms with Crippen molar-refractivity contribution < 1.29 is 18.4 Å². The van der Waals surface area contributed by atoms with Crippen molar-refractivity contribution in [2.75, 3.05) is 16.8 Å². The zero-order valence-corrected chi connectivity index (χ0v) is 16.0. The zero-order valence-electron chi connectivity index (χ0n) is 16.0. The second-order valence-electron chi connectivity index (χ2n) is 7.39. The molecular weight excluding hydrogens is 350 g/mol. The van der Waals surface area contributed by atoms with Gasteiger partial charge in [0.1, 0.15) is 0 Å². The van der Waals surface area contributed by atoms with E-state index in [-0.39, 0.29) is 35.9 Å². The quantitative estimate of drug-likeness (QED) is 0.829. The molecule has 1 N–H and O–H groups in total. The predicted molar refractivity (Wildman–Crippen MR) is 103 cm³/mol. The molecule has 0 aromatic heterocycles. The van der Waals surface area contributed by atoms with E-state index in [1.165, 1.54) is 17.9 Å². The van der Waals surface area contributed by atoms with Gasteiger partial charge in [0.05, 0.1) is 0 Å². The van der Waals surface area contributed by atoms with E-state index in [1.807, 2.05) is 24.3 Å². The number of amides is 2. The molecule has 144 valence electrons. The highest BCUT2D eigenvalue weighted by molar-refractivity contribution is 5.94. The average molecular weight is 374 g/mol. The first-order valence-corrected chi connectivity index (χ1v) is 8.71. The lowest BCUT2D eigenvalue weighted by Crippen LogP contribution is -2.32. The molecular formula is C21H24F2N2O2. The summed E-state index contributed by atoms with van der Waals surface area (Å²) >= 11 is 0. The number of halogens is 2. The molecule has 6 heteroatoms. The predicted octanol–water partition coefficient (Wildman–Crippen LogP) is 4.64. The van der Waals surface area contributed by atoms with Crippen molar-refractivity contribution in [2.45, 2.75) is 39.5 Å². The minimum atomic E-state index is -1.04. The molecule has 2 aromatic carbocycles. The van der Waals surface area contributed by atoms with Gasteiger partial charge in [0, 0.05) is 37.3 Å². The second-order valence-corrected chi connectivity index (χ2v) is 7.39. The summed E-state index contributed by atoms with van der Waals surface area (Å²) in [6.45, 7) is 7.69. The van der Waals surface area contributed by atoms with Gasteiger partial charge >= 0.3 is 0 Å². The van der Waals surface area contributed by atoms with Crippen LogP contribution in [-0.4, -0.2) is 18.4 Å². The Morgan fingerprint density at radius 2 is 1.63 bits per heavy atom. The van der Waals surface area contributed by atoms with Crippen LogP contribution in [-0.2, 0) is 15.0 Å². The first-order chi connectivity index (χ1) is 12.6. The third-order valence-corrected chi connectivity index (χ3v) is 4.19. The highest BCUT2D eigenvalue weighted by Gasteiger charge is 2.16. The first kappa shape index (κ1) is 20.6. The number of rotatable bonds is 5. The van der Waals surface area contributed by atoms with Crippen molar-refractivity contribution in [3.63, 3.8) is 0 Å². The number of nitrogens with zero attached hydrogens (tertiary/aromatic N) is 1. The number of anilines is 2. The summed E-state index contributed by atoms with van der Waals surface area (Å²) in [5, 5.41) is 2.78. The third-order valence-electron chi connectivity index (χ3n) is 4.19. The summed E-state index contributed by atoms with van der Waals surface area (Å²) in [5.41, 5.74) is 2.05. The van der Waals surface area contributed by atoms with Crippen molar-refractivity contribution in [3.8, 4) is 0 Å². The Balaban J connectivity index is 1.99. The van der Waals surface area contributed by atoms with Gasteiger partial charge in [-0.05, 0) is 35.2 Å². The number of carbonyl (C=O) groups excluding carboxylic acids is 2. The van der Waals surface area contributed by atoms with Crippen LogP contribution in [0.25, 0.3) is 0 Å². The lowest BCUT2D eigenvalue weighted by molar-refractivity contribution is -0.117. The van der Waals surface area contributed by atoms with Gasteiger partial charge in [0.15, 0.2) is 11.6 Å². The molecule has 2 amide bonds. The van der Waals surface area contributed by atoms with Gasteiger partial charge < -0.3 is 10.2 Å². The van der Waals surface area contributed by atoms with Crippen LogP contribution in [0.5, 0.6) is 0 Å². The van der Waals surface area contributed by atoms with Crippen molar-refractivity contribution in [2.24, 2.45) is 0 Å². The van der Waals surface area contributed by atoms with Crippen molar-refractivity contribution in [3.05, 3.63) is 59.7 Å². The summed E-state index contributed by atoms with van der Waals surface area (Å²) in [6.07, 6.45) is 0.0274. The number of carbonyl (C=O) groups is 2. The van der Waals surface area contributed by atoms with E-state index >= 15 is 0 Å². The zero-order chi connectivity index (χ0) is 20.2. The molecule has 0 saturated carbocycles. The number of benzene rings is 2. The minimum Gasteiger partial charge on any atom is -0.326 e. The molecule has 0 aliphatic rings. The topological polar surface area (TPSA) is 49.4 Å². The fraction of sp³-hybridized carbons (Fsp3) is 0.333. The summed E-state index contributed by atoms with van der Waals surface area (Å²) in [6, 6.07) is 10.8. The van der Waals surface area contributed by atoms with Crippen LogP contribution in [0.15, 0.2) is 42.5 Å². The molecule has 0 spiro atoms. The Hall–Kier alpha value is -2.76. The lowest BCUT2D eigenvalue weighted by atomic mass is 9.87. The molecule has 0 aliphatic carbocycles.